The molecule has 0 atom stereocenters. The van der Waals surface area contributed by atoms with Crippen LogP contribution >= 0.6 is 0 Å². The van der Waals surface area contributed by atoms with Crippen LogP contribution in [0.3, 0.4) is 0 Å². The van der Waals surface area contributed by atoms with Crippen molar-refractivity contribution in [2.75, 3.05) is 0 Å². The summed E-state index contributed by atoms with van der Waals surface area (Å²) in [7, 11) is 0. The first-order valence-electron chi connectivity index (χ1n) is 19.8. The average molecular weight is 754 g/mol. The Morgan fingerprint density at radius 1 is 0.458 bits per heavy atom. The van der Waals surface area contributed by atoms with Gasteiger partial charge < -0.3 is 9.30 Å². The largest absolute Gasteiger partial charge is 0.457 e. The van der Waals surface area contributed by atoms with Gasteiger partial charge in [-0.25, -0.2) is 0 Å². The fraction of sp³-hybridized carbons (Fsp3) is 0.0182. The van der Waals surface area contributed by atoms with E-state index in [0.717, 1.165) is 94.6 Å². The lowest BCUT2D eigenvalue weighted by Crippen LogP contribution is -2.34. The molecule has 8 aromatic carbocycles. The third-order valence-corrected chi connectivity index (χ3v) is 11.8. The van der Waals surface area contributed by atoms with Gasteiger partial charge in [0.25, 0.3) is 0 Å². The standard InChI is InChI=1S/C55H35N3O/c56-35-37-21-25-51-47(30-37)48-32-40(22-26-52(48)58(51)46-19-8-3-9-20-46)42-24-28-54-50(34-42)55(44-15-4-1-5-16-44,45-17-6-2-7-18-45)49-33-41(23-27-53(49)59-54)38-12-10-13-39(31-38)43-14-11-29-57-36-43/h1-34,36H. The minimum absolute atomic E-state index is 0.637. The SMILES string of the molecule is N#Cc1ccc2c(c1)c1cc(-c3ccc4c(c3)C(c3ccccc3)(c3ccccc3)c3cc(-c5cccc(-c6cccnc6)c5)ccc3O4)ccc1n2-c1ccccc1. The van der Waals surface area contributed by atoms with Crippen LogP contribution in [0.4, 0.5) is 0 Å². The van der Waals surface area contributed by atoms with Crippen molar-refractivity contribution in [1.82, 2.24) is 9.55 Å². The summed E-state index contributed by atoms with van der Waals surface area (Å²) in [5.74, 6) is 1.65. The molecule has 11 rings (SSSR count). The first kappa shape index (κ1) is 34.3. The average Bonchev–Trinajstić information content (AvgIpc) is 3.64. The summed E-state index contributed by atoms with van der Waals surface area (Å²) in [6.45, 7) is 0. The zero-order valence-electron chi connectivity index (χ0n) is 32.0. The van der Waals surface area contributed by atoms with Gasteiger partial charge in [0, 0.05) is 45.5 Å². The van der Waals surface area contributed by atoms with Gasteiger partial charge in [0.05, 0.1) is 28.1 Å². The number of ether oxygens (including phenoxy) is 1. The molecule has 59 heavy (non-hydrogen) atoms. The molecule has 2 aromatic heterocycles. The van der Waals surface area contributed by atoms with E-state index in [1.165, 1.54) is 0 Å². The molecule has 0 aliphatic carbocycles. The molecular weight excluding hydrogens is 719 g/mol. The number of nitrogens with zero attached hydrogens (tertiary/aromatic N) is 3. The molecule has 0 spiro atoms. The number of pyridine rings is 1. The van der Waals surface area contributed by atoms with Gasteiger partial charge in [-0.15, -0.1) is 0 Å². The van der Waals surface area contributed by atoms with Gasteiger partial charge in [-0.2, -0.15) is 5.26 Å². The van der Waals surface area contributed by atoms with Gasteiger partial charge in [0.15, 0.2) is 0 Å². The maximum absolute atomic E-state index is 9.92. The van der Waals surface area contributed by atoms with Crippen LogP contribution in [0.15, 0.2) is 213 Å². The number of hydrogen-bond donors (Lipinski definition) is 0. The highest BCUT2D eigenvalue weighted by Gasteiger charge is 2.45. The Morgan fingerprint density at radius 3 is 1.59 bits per heavy atom. The van der Waals surface area contributed by atoms with E-state index in [4.69, 9.17) is 4.74 Å². The molecule has 0 radical (unpaired) electrons. The van der Waals surface area contributed by atoms with Crippen molar-refractivity contribution in [3.8, 4) is 56.6 Å². The second-order valence-electron chi connectivity index (χ2n) is 15.1. The van der Waals surface area contributed by atoms with Gasteiger partial charge in [-0.3, -0.25) is 4.98 Å². The topological polar surface area (TPSA) is 50.8 Å². The van der Waals surface area contributed by atoms with Crippen molar-refractivity contribution in [3.63, 3.8) is 0 Å². The number of para-hydroxylation sites is 1. The summed E-state index contributed by atoms with van der Waals surface area (Å²) in [5.41, 5.74) is 14.2. The Kier molecular flexibility index (Phi) is 8.06. The summed E-state index contributed by atoms with van der Waals surface area (Å²) in [6, 6.07) is 73.1. The van der Waals surface area contributed by atoms with E-state index < -0.39 is 5.41 Å². The Bertz CT molecular complexity index is 3200. The Hall–Kier alpha value is -8.00. The van der Waals surface area contributed by atoms with Crippen molar-refractivity contribution in [2.24, 2.45) is 0 Å². The maximum Gasteiger partial charge on any atom is 0.132 e. The molecule has 1 aliphatic rings. The zero-order chi connectivity index (χ0) is 39.3. The van der Waals surface area contributed by atoms with Crippen LogP contribution in [-0.2, 0) is 5.41 Å². The highest BCUT2D eigenvalue weighted by molar-refractivity contribution is 6.11. The first-order valence-corrected chi connectivity index (χ1v) is 19.8. The quantitative estimate of drug-likeness (QED) is 0.170. The molecule has 4 heteroatoms. The Morgan fingerprint density at radius 2 is 0.983 bits per heavy atom. The number of rotatable bonds is 6. The molecular formula is C55H35N3O. The summed E-state index contributed by atoms with van der Waals surface area (Å²) in [4.78, 5) is 4.38. The van der Waals surface area contributed by atoms with E-state index in [-0.39, 0.29) is 0 Å². The van der Waals surface area contributed by atoms with Crippen molar-refractivity contribution in [1.29, 1.82) is 5.26 Å². The lowest BCUT2D eigenvalue weighted by molar-refractivity contribution is 0.435. The van der Waals surface area contributed by atoms with E-state index >= 15 is 0 Å². The summed E-state index contributed by atoms with van der Waals surface area (Å²) in [5, 5.41) is 12.1. The van der Waals surface area contributed by atoms with Crippen LogP contribution in [-0.4, -0.2) is 9.55 Å². The van der Waals surface area contributed by atoms with Crippen LogP contribution in [0.2, 0.25) is 0 Å². The fourth-order valence-corrected chi connectivity index (χ4v) is 9.15. The van der Waals surface area contributed by atoms with Crippen molar-refractivity contribution >= 4 is 21.8 Å². The molecule has 4 nitrogen and oxygen atoms in total. The second-order valence-corrected chi connectivity index (χ2v) is 15.1. The minimum atomic E-state index is -0.715. The van der Waals surface area contributed by atoms with Gasteiger partial charge >= 0.3 is 0 Å². The summed E-state index contributed by atoms with van der Waals surface area (Å²) < 4.78 is 9.20. The van der Waals surface area contributed by atoms with Crippen LogP contribution in [0.5, 0.6) is 11.5 Å². The van der Waals surface area contributed by atoms with Crippen LogP contribution in [0.1, 0.15) is 27.8 Å². The molecule has 0 fully saturated rings. The predicted molar refractivity (Wildman–Crippen MR) is 238 cm³/mol. The van der Waals surface area contributed by atoms with Crippen molar-refractivity contribution in [3.05, 3.63) is 240 Å². The van der Waals surface area contributed by atoms with Gasteiger partial charge in [0.1, 0.15) is 11.5 Å². The van der Waals surface area contributed by atoms with Gasteiger partial charge in [-0.1, -0.05) is 121 Å². The number of hydrogen-bond acceptors (Lipinski definition) is 3. The number of nitriles is 1. The Labute approximate surface area is 342 Å². The smallest absolute Gasteiger partial charge is 0.132 e. The van der Waals surface area contributed by atoms with Crippen molar-refractivity contribution in [2.45, 2.75) is 5.41 Å². The number of benzene rings is 8. The molecule has 0 saturated heterocycles. The molecule has 0 amide bonds. The Balaban J connectivity index is 1.14. The summed E-state index contributed by atoms with van der Waals surface area (Å²) in [6.07, 6.45) is 3.72. The highest BCUT2D eigenvalue weighted by atomic mass is 16.5. The van der Waals surface area contributed by atoms with Gasteiger partial charge in [-0.05, 0) is 118 Å². The molecule has 276 valence electrons. The monoisotopic (exact) mass is 753 g/mol. The zero-order valence-corrected chi connectivity index (χ0v) is 32.0. The molecule has 0 saturated carbocycles. The normalized spacial score (nSPS) is 12.7. The molecule has 0 N–H and O–H groups in total. The molecule has 1 aliphatic heterocycles. The molecule has 10 aromatic rings. The summed E-state index contributed by atoms with van der Waals surface area (Å²) >= 11 is 0. The van der Waals surface area contributed by atoms with Gasteiger partial charge in [0.2, 0.25) is 0 Å². The predicted octanol–water partition coefficient (Wildman–Crippen LogP) is 13.5. The van der Waals surface area contributed by atoms with Crippen LogP contribution < -0.4 is 4.74 Å². The van der Waals surface area contributed by atoms with E-state index in [1.54, 1.807) is 6.20 Å². The van der Waals surface area contributed by atoms with E-state index in [9.17, 15) is 5.26 Å². The van der Waals surface area contributed by atoms with Crippen LogP contribution in [0, 0.1) is 11.3 Å². The van der Waals surface area contributed by atoms with E-state index in [0.29, 0.717) is 5.56 Å². The third-order valence-electron chi connectivity index (χ3n) is 11.8. The highest BCUT2D eigenvalue weighted by Crippen LogP contribution is 2.56. The first-order chi connectivity index (χ1) is 29.2. The van der Waals surface area contributed by atoms with Crippen LogP contribution in [0.25, 0.3) is 60.9 Å². The molecule has 0 unspecified atom stereocenters. The molecule has 3 heterocycles. The maximum atomic E-state index is 9.92. The number of aromatic nitrogens is 2. The lowest BCUT2D eigenvalue weighted by Gasteiger charge is -2.42. The van der Waals surface area contributed by atoms with E-state index in [2.05, 4.69) is 192 Å². The van der Waals surface area contributed by atoms with E-state index in [1.807, 2.05) is 30.5 Å². The second kappa shape index (κ2) is 13.9. The minimum Gasteiger partial charge on any atom is -0.457 e. The third kappa shape index (κ3) is 5.56. The lowest BCUT2D eigenvalue weighted by atomic mass is 9.63. The number of fused-ring (bicyclic) bond motifs is 5. The fourth-order valence-electron chi connectivity index (χ4n) is 9.15. The molecule has 0 bridgehead atoms. The van der Waals surface area contributed by atoms with Crippen molar-refractivity contribution < 1.29 is 4.74 Å².